The van der Waals surface area contributed by atoms with E-state index in [4.69, 9.17) is 18.9 Å². The monoisotopic (exact) mass is 613 g/mol. The largest absolute Gasteiger partial charge is 0.571 e. The highest BCUT2D eigenvalue weighted by Crippen LogP contribution is 2.46. The van der Waals surface area contributed by atoms with Gasteiger partial charge in [0.15, 0.2) is 17.3 Å². The van der Waals surface area contributed by atoms with Crippen LogP contribution in [0.4, 0.5) is 0 Å². The van der Waals surface area contributed by atoms with Crippen LogP contribution in [0.2, 0.25) is 0 Å². The Kier molecular flexibility index (Phi) is 8.87. The fourth-order valence-electron chi connectivity index (χ4n) is 5.02. The summed E-state index contributed by atoms with van der Waals surface area (Å²) in [6.07, 6.45) is -15.7. The third-order valence-electron chi connectivity index (χ3n) is 7.44. The van der Waals surface area contributed by atoms with Crippen LogP contribution in [0.5, 0.6) is 28.7 Å². The van der Waals surface area contributed by atoms with Crippen molar-refractivity contribution >= 4 is 6.08 Å². The fraction of sp³-hybridized carbons (Fsp3) is 0.481. The molecule has 16 nitrogen and oxygen atoms in total. The minimum absolute atomic E-state index is 0.0696. The van der Waals surface area contributed by atoms with Crippen LogP contribution in [0.15, 0.2) is 36.1 Å². The summed E-state index contributed by atoms with van der Waals surface area (Å²) in [6, 6.07) is 6.22. The van der Waals surface area contributed by atoms with Gasteiger partial charge in [-0.25, -0.2) is 0 Å². The van der Waals surface area contributed by atoms with E-state index in [0.29, 0.717) is 0 Å². The maximum absolute atomic E-state index is 10.8. The highest BCUT2D eigenvalue weighted by molar-refractivity contribution is 5.69. The van der Waals surface area contributed by atoms with Crippen molar-refractivity contribution in [3.63, 3.8) is 0 Å². The van der Waals surface area contributed by atoms with Crippen LogP contribution in [0.3, 0.4) is 0 Å². The molecule has 0 aliphatic carbocycles. The fourth-order valence-corrected chi connectivity index (χ4v) is 5.02. The van der Waals surface area contributed by atoms with Crippen LogP contribution in [0.1, 0.15) is 17.2 Å². The summed E-state index contributed by atoms with van der Waals surface area (Å²) in [7, 11) is 0. The smallest absolute Gasteiger partial charge is 0.270 e. The maximum Gasteiger partial charge on any atom is 0.270 e. The van der Waals surface area contributed by atoms with Gasteiger partial charge in [-0.15, -0.1) is 0 Å². The highest BCUT2D eigenvalue weighted by Gasteiger charge is 2.47. The van der Waals surface area contributed by atoms with Crippen LogP contribution in [-0.2, 0) is 14.2 Å². The minimum atomic E-state index is -1.77. The molecule has 3 heterocycles. The number of phenols is 3. The van der Waals surface area contributed by atoms with Crippen molar-refractivity contribution < 1.29 is 79.9 Å². The van der Waals surface area contributed by atoms with E-state index in [9.17, 15) is 56.2 Å². The Hall–Kier alpha value is -3.42. The van der Waals surface area contributed by atoms with Crippen molar-refractivity contribution in [1.82, 2.24) is 0 Å². The molecule has 0 spiro atoms. The van der Waals surface area contributed by atoms with Gasteiger partial charge in [0.2, 0.25) is 12.6 Å². The summed E-state index contributed by atoms with van der Waals surface area (Å²) in [5, 5.41) is 111. The zero-order valence-corrected chi connectivity index (χ0v) is 22.2. The normalized spacial score (nSPS) is 35.8. The topological polar surface area (TPSA) is 272 Å². The van der Waals surface area contributed by atoms with E-state index >= 15 is 0 Å². The Morgan fingerprint density at radius 2 is 1.26 bits per heavy atom. The van der Waals surface area contributed by atoms with Crippen molar-refractivity contribution in [2.75, 3.05) is 13.2 Å². The number of fused-ring (bicyclic) bond motifs is 1. The van der Waals surface area contributed by atoms with E-state index in [1.807, 2.05) is 0 Å². The summed E-state index contributed by atoms with van der Waals surface area (Å²) >= 11 is 0. The van der Waals surface area contributed by atoms with E-state index < -0.39 is 86.5 Å². The third kappa shape index (κ3) is 5.89. The Labute approximate surface area is 243 Å². The van der Waals surface area contributed by atoms with Gasteiger partial charge < -0.3 is 79.9 Å². The first-order valence-electron chi connectivity index (χ1n) is 13.2. The first-order chi connectivity index (χ1) is 20.4. The molecule has 2 fully saturated rings. The maximum atomic E-state index is 10.8. The number of phenolic OH excluding ortho intramolecular Hbond substituents is 3. The molecule has 5 rings (SSSR count). The average molecular weight is 614 g/mol. The van der Waals surface area contributed by atoms with E-state index in [0.717, 1.165) is 6.07 Å². The third-order valence-corrected chi connectivity index (χ3v) is 7.44. The molecular weight excluding hydrogens is 580 g/mol. The Morgan fingerprint density at radius 1 is 0.674 bits per heavy atom. The number of hydrogen-bond acceptors (Lipinski definition) is 15. The average Bonchev–Trinajstić information content (AvgIpc) is 2.98. The molecule has 0 amide bonds. The summed E-state index contributed by atoms with van der Waals surface area (Å²) in [6.45, 7) is -1.39. The number of aromatic hydroxyl groups is 4. The molecule has 12 N–H and O–H groups in total. The van der Waals surface area contributed by atoms with Gasteiger partial charge in [-0.3, -0.25) is 0 Å². The van der Waals surface area contributed by atoms with Crippen molar-refractivity contribution in [3.05, 3.63) is 47.2 Å². The van der Waals surface area contributed by atoms with Crippen LogP contribution in [0.25, 0.3) is 6.08 Å². The van der Waals surface area contributed by atoms with E-state index in [-0.39, 0.29) is 39.9 Å². The second-order valence-corrected chi connectivity index (χ2v) is 10.3. The minimum Gasteiger partial charge on any atom is -0.571 e. The van der Waals surface area contributed by atoms with Gasteiger partial charge in [0.1, 0.15) is 65.9 Å². The van der Waals surface area contributed by atoms with Gasteiger partial charge in [-0.05, 0) is 18.2 Å². The lowest BCUT2D eigenvalue weighted by molar-refractivity contribution is -0.295. The lowest BCUT2D eigenvalue weighted by Gasteiger charge is -2.40. The van der Waals surface area contributed by atoms with Crippen LogP contribution in [-0.4, -0.2) is 136 Å². The number of hydrogen-bond donors (Lipinski definition) is 11. The first-order valence-corrected chi connectivity index (χ1v) is 13.2. The second-order valence-electron chi connectivity index (χ2n) is 10.3. The molecule has 11 atom stereocenters. The van der Waals surface area contributed by atoms with Gasteiger partial charge in [-0.1, -0.05) is 0 Å². The second kappa shape index (κ2) is 12.3. The van der Waals surface area contributed by atoms with Crippen LogP contribution >= 0.6 is 0 Å². The lowest BCUT2D eigenvalue weighted by Crippen LogP contribution is -2.60. The molecule has 2 aromatic rings. The lowest BCUT2D eigenvalue weighted by atomic mass is 9.98. The molecule has 43 heavy (non-hydrogen) atoms. The SMILES string of the molecule is OC[C@H]1O[C@H](OC2=Cc3c(O)cc(O)cc3[OH+]C2c2ccc(O[C@H]3O[C@H](CO)[C@H](O)[C@@H](O)[C@H]3O)c(O)c2)[C@H](O)[C@H](O)[C@H]1O. The zero-order valence-electron chi connectivity index (χ0n) is 22.2. The Balaban J connectivity index is 1.44. The molecule has 3 aliphatic heterocycles. The predicted molar refractivity (Wildman–Crippen MR) is 140 cm³/mol. The molecule has 0 saturated carbocycles. The zero-order chi connectivity index (χ0) is 31.2. The van der Waals surface area contributed by atoms with Crippen LogP contribution in [0, 0.1) is 0 Å². The number of ether oxygens (including phenoxy) is 5. The van der Waals surface area contributed by atoms with Gasteiger partial charge >= 0.3 is 0 Å². The number of aliphatic hydroxyl groups excluding tert-OH is 8. The molecule has 2 saturated heterocycles. The molecule has 2 aromatic carbocycles. The standard InChI is InChI=1S/C27H32O16/c28-7-17-19(33)21(35)23(37)26(42-17)40-14-2-1-9(3-13(14)32)25-16(6-11-12(31)4-10(30)5-15(11)39-25)41-27-24(38)22(36)20(34)18(8-29)43-27/h1-6,17-38H,7-8H2/p+1/t17-,18-,19+,20+,21-,22-,23-,24-,25?,26+,27+/m1/s1. The van der Waals surface area contributed by atoms with Gasteiger partial charge in [0.05, 0.1) is 24.8 Å². The molecule has 0 radical (unpaired) electrons. The molecule has 16 heteroatoms. The highest BCUT2D eigenvalue weighted by atomic mass is 16.7. The predicted octanol–water partition coefficient (Wildman–Crippen LogP) is -2.86. The molecule has 0 aromatic heterocycles. The number of rotatable bonds is 7. The van der Waals surface area contributed by atoms with Crippen molar-refractivity contribution in [3.8, 4) is 28.7 Å². The quantitative estimate of drug-likeness (QED) is 0.140. The molecule has 0 bridgehead atoms. The summed E-state index contributed by atoms with van der Waals surface area (Å²) < 4.78 is 26.6. The summed E-state index contributed by atoms with van der Waals surface area (Å²) in [5.74, 6) is -1.32. The Bertz CT molecular complexity index is 1330. The molecule has 236 valence electrons. The van der Waals surface area contributed by atoms with Gasteiger partial charge in [-0.2, -0.15) is 0 Å². The van der Waals surface area contributed by atoms with Crippen molar-refractivity contribution in [1.29, 1.82) is 0 Å². The first kappa shape index (κ1) is 31.0. The van der Waals surface area contributed by atoms with E-state index in [1.54, 1.807) is 0 Å². The molecule has 1 unspecified atom stereocenters. The Morgan fingerprint density at radius 3 is 1.81 bits per heavy atom. The van der Waals surface area contributed by atoms with Gasteiger partial charge in [0.25, 0.3) is 11.9 Å². The van der Waals surface area contributed by atoms with Crippen molar-refractivity contribution in [2.24, 2.45) is 0 Å². The van der Waals surface area contributed by atoms with Crippen LogP contribution < -0.4 is 4.74 Å². The number of aliphatic hydroxyl groups is 9. The molecule has 3 aliphatic rings. The van der Waals surface area contributed by atoms with E-state index in [2.05, 4.69) is 4.74 Å². The van der Waals surface area contributed by atoms with Crippen molar-refractivity contribution in [2.45, 2.75) is 67.5 Å². The van der Waals surface area contributed by atoms with E-state index in [1.165, 1.54) is 30.3 Å². The summed E-state index contributed by atoms with van der Waals surface area (Å²) in [4.78, 5) is 0. The van der Waals surface area contributed by atoms with Gasteiger partial charge in [0, 0.05) is 12.1 Å². The molecular formula is C27H33O16+. The summed E-state index contributed by atoms with van der Waals surface area (Å²) in [5.41, 5.74) is 0.364. The number of benzene rings is 2.